The maximum absolute atomic E-state index is 12.6. The molecule has 2 aliphatic rings. The van der Waals surface area contributed by atoms with Crippen LogP contribution in [0.1, 0.15) is 21.5 Å². The molecular weight excluding hydrogens is 370 g/mol. The first kappa shape index (κ1) is 19.0. The summed E-state index contributed by atoms with van der Waals surface area (Å²) in [5.41, 5.74) is 2.67. The number of carbonyl (C=O) groups is 2. The molecule has 1 aromatic heterocycles. The largest absolute Gasteiger partial charge is 0.493 e. The van der Waals surface area contributed by atoms with Gasteiger partial charge in [-0.25, -0.2) is 4.98 Å². The van der Waals surface area contributed by atoms with Crippen molar-refractivity contribution < 1.29 is 19.1 Å². The SMILES string of the molecule is COc1ccc(C(=O)N2CCN(C(=O)/C=C/c3ccc4c(c3)OCC4)CC2)cn1. The Morgan fingerprint density at radius 2 is 1.90 bits per heavy atom. The van der Waals surface area contributed by atoms with Crippen LogP contribution in [0.5, 0.6) is 11.6 Å². The van der Waals surface area contributed by atoms with Crippen LogP contribution in [-0.2, 0) is 11.2 Å². The van der Waals surface area contributed by atoms with Crippen LogP contribution in [0.3, 0.4) is 0 Å². The Kier molecular flexibility index (Phi) is 5.46. The van der Waals surface area contributed by atoms with E-state index in [1.165, 1.54) is 18.9 Å². The molecule has 1 fully saturated rings. The summed E-state index contributed by atoms with van der Waals surface area (Å²) in [5.74, 6) is 1.24. The fourth-order valence-electron chi connectivity index (χ4n) is 3.50. The molecule has 7 heteroatoms. The van der Waals surface area contributed by atoms with Gasteiger partial charge in [0.2, 0.25) is 11.8 Å². The molecule has 0 aliphatic carbocycles. The molecule has 0 unspecified atom stereocenters. The summed E-state index contributed by atoms with van der Waals surface area (Å²) >= 11 is 0. The number of benzene rings is 1. The highest BCUT2D eigenvalue weighted by Crippen LogP contribution is 2.26. The van der Waals surface area contributed by atoms with Gasteiger partial charge in [-0.15, -0.1) is 0 Å². The van der Waals surface area contributed by atoms with Crippen LogP contribution in [0.2, 0.25) is 0 Å². The van der Waals surface area contributed by atoms with Crippen LogP contribution in [0.15, 0.2) is 42.6 Å². The molecule has 0 saturated carbocycles. The van der Waals surface area contributed by atoms with E-state index in [1.54, 1.807) is 28.0 Å². The summed E-state index contributed by atoms with van der Waals surface area (Å²) < 4.78 is 10.6. The van der Waals surface area contributed by atoms with E-state index < -0.39 is 0 Å². The lowest BCUT2D eigenvalue weighted by Gasteiger charge is -2.34. The molecule has 1 saturated heterocycles. The van der Waals surface area contributed by atoms with Gasteiger partial charge < -0.3 is 19.3 Å². The second-order valence-corrected chi connectivity index (χ2v) is 7.01. The quantitative estimate of drug-likeness (QED) is 0.744. The highest BCUT2D eigenvalue weighted by atomic mass is 16.5. The molecule has 7 nitrogen and oxygen atoms in total. The first-order valence-electron chi connectivity index (χ1n) is 9.66. The summed E-state index contributed by atoms with van der Waals surface area (Å²) in [6.45, 7) is 2.73. The van der Waals surface area contributed by atoms with Crippen LogP contribution >= 0.6 is 0 Å². The van der Waals surface area contributed by atoms with Crippen molar-refractivity contribution in [1.82, 2.24) is 14.8 Å². The summed E-state index contributed by atoms with van der Waals surface area (Å²) in [7, 11) is 1.53. The third-order valence-electron chi connectivity index (χ3n) is 5.21. The van der Waals surface area contributed by atoms with Gasteiger partial charge in [-0.05, 0) is 29.3 Å². The molecule has 2 amide bonds. The number of hydrogen-bond acceptors (Lipinski definition) is 5. The van der Waals surface area contributed by atoms with E-state index in [2.05, 4.69) is 4.98 Å². The third kappa shape index (κ3) is 4.23. The van der Waals surface area contributed by atoms with Gasteiger partial charge in [0.15, 0.2) is 0 Å². The number of piperazine rings is 1. The van der Waals surface area contributed by atoms with Crippen LogP contribution in [-0.4, -0.2) is 66.5 Å². The van der Waals surface area contributed by atoms with Crippen molar-refractivity contribution in [2.45, 2.75) is 6.42 Å². The molecule has 2 aromatic rings. The average molecular weight is 393 g/mol. The monoisotopic (exact) mass is 393 g/mol. The molecule has 0 radical (unpaired) electrons. The molecule has 0 bridgehead atoms. The number of aromatic nitrogens is 1. The molecule has 4 rings (SSSR count). The Balaban J connectivity index is 1.31. The number of nitrogens with zero attached hydrogens (tertiary/aromatic N) is 3. The van der Waals surface area contributed by atoms with Gasteiger partial charge in [0.05, 0.1) is 19.3 Å². The Bertz CT molecular complexity index is 932. The van der Waals surface area contributed by atoms with Crippen molar-refractivity contribution in [2.24, 2.45) is 0 Å². The van der Waals surface area contributed by atoms with Crippen LogP contribution in [0, 0.1) is 0 Å². The smallest absolute Gasteiger partial charge is 0.255 e. The van der Waals surface area contributed by atoms with E-state index in [4.69, 9.17) is 9.47 Å². The Morgan fingerprint density at radius 1 is 1.10 bits per heavy atom. The van der Waals surface area contributed by atoms with E-state index >= 15 is 0 Å². The minimum absolute atomic E-state index is 0.0513. The van der Waals surface area contributed by atoms with Crippen LogP contribution < -0.4 is 9.47 Å². The van der Waals surface area contributed by atoms with E-state index in [0.29, 0.717) is 37.6 Å². The summed E-state index contributed by atoms with van der Waals surface area (Å²) in [4.78, 5) is 32.7. The predicted molar refractivity (Wildman–Crippen MR) is 108 cm³/mol. The molecule has 2 aliphatic heterocycles. The first-order valence-corrected chi connectivity index (χ1v) is 9.66. The van der Waals surface area contributed by atoms with Crippen LogP contribution in [0.25, 0.3) is 6.08 Å². The van der Waals surface area contributed by atoms with Gasteiger partial charge in [-0.3, -0.25) is 9.59 Å². The number of methoxy groups -OCH3 is 1. The number of amides is 2. The fraction of sp³-hybridized carbons (Fsp3) is 0.318. The number of pyridine rings is 1. The Hall–Kier alpha value is -3.35. The first-order chi connectivity index (χ1) is 14.1. The summed E-state index contributed by atoms with van der Waals surface area (Å²) in [6.07, 6.45) is 5.85. The standard InChI is InChI=1S/C22H23N3O4/c1-28-20-6-5-18(15-23-20)22(27)25-11-9-24(10-12-25)21(26)7-3-16-2-4-17-8-13-29-19(17)14-16/h2-7,14-15H,8-13H2,1H3/b7-3+. The lowest BCUT2D eigenvalue weighted by Crippen LogP contribution is -2.50. The zero-order valence-corrected chi connectivity index (χ0v) is 16.3. The van der Waals surface area contributed by atoms with Gasteiger partial charge >= 0.3 is 0 Å². The Morgan fingerprint density at radius 3 is 2.62 bits per heavy atom. The second kappa shape index (κ2) is 8.34. The Labute approximate surface area is 169 Å². The molecule has 3 heterocycles. The molecule has 0 N–H and O–H groups in total. The van der Waals surface area contributed by atoms with Gasteiger partial charge in [0, 0.05) is 50.9 Å². The van der Waals surface area contributed by atoms with E-state index in [0.717, 1.165) is 24.3 Å². The lowest BCUT2D eigenvalue weighted by molar-refractivity contribution is -0.127. The third-order valence-corrected chi connectivity index (χ3v) is 5.21. The molecule has 150 valence electrons. The molecule has 29 heavy (non-hydrogen) atoms. The number of rotatable bonds is 4. The number of ether oxygens (including phenoxy) is 2. The number of hydrogen-bond donors (Lipinski definition) is 0. The van der Waals surface area contributed by atoms with Crippen molar-refractivity contribution in [3.05, 3.63) is 59.3 Å². The van der Waals surface area contributed by atoms with Crippen molar-refractivity contribution >= 4 is 17.9 Å². The van der Waals surface area contributed by atoms with E-state index in [1.807, 2.05) is 24.3 Å². The van der Waals surface area contributed by atoms with Crippen molar-refractivity contribution in [3.63, 3.8) is 0 Å². The molecule has 0 atom stereocenters. The van der Waals surface area contributed by atoms with Gasteiger partial charge in [0.1, 0.15) is 5.75 Å². The fourth-order valence-corrected chi connectivity index (χ4v) is 3.50. The predicted octanol–water partition coefficient (Wildman–Crippen LogP) is 2.02. The number of fused-ring (bicyclic) bond motifs is 1. The van der Waals surface area contributed by atoms with Gasteiger partial charge in [-0.2, -0.15) is 0 Å². The summed E-state index contributed by atoms with van der Waals surface area (Å²) in [6, 6.07) is 9.38. The van der Waals surface area contributed by atoms with Crippen LogP contribution in [0.4, 0.5) is 0 Å². The van der Waals surface area contributed by atoms with Crippen molar-refractivity contribution in [2.75, 3.05) is 39.9 Å². The minimum Gasteiger partial charge on any atom is -0.493 e. The average Bonchev–Trinajstić information content (AvgIpc) is 3.25. The highest BCUT2D eigenvalue weighted by Gasteiger charge is 2.24. The molecule has 1 aromatic carbocycles. The minimum atomic E-state index is -0.0825. The highest BCUT2D eigenvalue weighted by molar-refractivity contribution is 5.95. The molecule has 0 spiro atoms. The second-order valence-electron chi connectivity index (χ2n) is 7.01. The zero-order chi connectivity index (χ0) is 20.2. The maximum Gasteiger partial charge on any atom is 0.255 e. The lowest BCUT2D eigenvalue weighted by atomic mass is 10.1. The molecular formula is C22H23N3O4. The summed E-state index contributed by atoms with van der Waals surface area (Å²) in [5, 5.41) is 0. The van der Waals surface area contributed by atoms with Gasteiger partial charge in [-0.1, -0.05) is 12.1 Å². The van der Waals surface area contributed by atoms with E-state index in [9.17, 15) is 9.59 Å². The normalized spacial score (nSPS) is 15.9. The van der Waals surface area contributed by atoms with Crippen molar-refractivity contribution in [3.8, 4) is 11.6 Å². The van der Waals surface area contributed by atoms with Gasteiger partial charge in [0.25, 0.3) is 5.91 Å². The maximum atomic E-state index is 12.6. The van der Waals surface area contributed by atoms with E-state index in [-0.39, 0.29) is 11.8 Å². The zero-order valence-electron chi connectivity index (χ0n) is 16.3. The topological polar surface area (TPSA) is 72.0 Å². The number of carbonyl (C=O) groups excluding carboxylic acids is 2. The van der Waals surface area contributed by atoms with Crippen molar-refractivity contribution in [1.29, 1.82) is 0 Å².